The van der Waals surface area contributed by atoms with Gasteiger partial charge in [-0.15, -0.1) is 11.3 Å². The highest BCUT2D eigenvalue weighted by Gasteiger charge is 2.10. The normalized spacial score (nSPS) is 15.4. The minimum Gasteiger partial charge on any atom is -0.497 e. The molecule has 0 aliphatic carbocycles. The molecule has 0 bridgehead atoms. The maximum absolute atomic E-state index is 5.43. The summed E-state index contributed by atoms with van der Waals surface area (Å²) in [6.45, 7) is 5.16. The largest absolute Gasteiger partial charge is 0.497 e. The topological polar surface area (TPSA) is 60.6 Å². The van der Waals surface area contributed by atoms with E-state index < -0.39 is 0 Å². The Morgan fingerprint density at radius 2 is 1.81 bits per heavy atom. The van der Waals surface area contributed by atoms with Gasteiger partial charge in [-0.2, -0.15) is 5.10 Å². The van der Waals surface area contributed by atoms with Gasteiger partial charge in [0.15, 0.2) is 0 Å². The van der Waals surface area contributed by atoms with Gasteiger partial charge in [0.1, 0.15) is 11.5 Å². The Bertz CT molecular complexity index is 1100. The highest BCUT2D eigenvalue weighted by atomic mass is 32.1. The third-order valence-corrected chi connectivity index (χ3v) is 6.11. The fraction of sp³-hybridized carbons (Fsp3) is 0.333. The molecule has 0 atom stereocenters. The molecule has 32 heavy (non-hydrogen) atoms. The maximum Gasteiger partial charge on any atom is 0.206 e. The summed E-state index contributed by atoms with van der Waals surface area (Å²) < 4.78 is 18.0. The van der Waals surface area contributed by atoms with Gasteiger partial charge in [-0.05, 0) is 42.0 Å². The van der Waals surface area contributed by atoms with E-state index in [0.717, 1.165) is 72.5 Å². The summed E-state index contributed by atoms with van der Waals surface area (Å²) in [5.74, 6) is 1.63. The second-order valence-corrected chi connectivity index (χ2v) is 8.14. The van der Waals surface area contributed by atoms with E-state index in [1.807, 2.05) is 59.4 Å². The molecule has 0 amide bonds. The molecule has 2 heterocycles. The third-order valence-electron chi connectivity index (χ3n) is 5.25. The Balaban J connectivity index is 1.63. The summed E-state index contributed by atoms with van der Waals surface area (Å²) in [5.41, 5.74) is 3.00. The first kappa shape index (κ1) is 22.3. The predicted molar refractivity (Wildman–Crippen MR) is 128 cm³/mol. The Morgan fingerprint density at radius 1 is 1.03 bits per heavy atom. The molecule has 1 saturated heterocycles. The number of morpholine rings is 1. The van der Waals surface area contributed by atoms with Crippen LogP contribution in [0.5, 0.6) is 11.5 Å². The van der Waals surface area contributed by atoms with Crippen molar-refractivity contribution in [3.63, 3.8) is 0 Å². The summed E-state index contributed by atoms with van der Waals surface area (Å²) in [6, 6.07) is 15.8. The number of aromatic nitrogens is 1. The van der Waals surface area contributed by atoms with Crippen LogP contribution < -0.4 is 14.3 Å². The number of methoxy groups -OCH3 is 2. The number of hydrogen-bond acceptors (Lipinski definition) is 7. The van der Waals surface area contributed by atoms with E-state index in [2.05, 4.69) is 10.3 Å². The molecule has 0 saturated carbocycles. The van der Waals surface area contributed by atoms with Crippen molar-refractivity contribution in [2.75, 3.05) is 53.6 Å². The summed E-state index contributed by atoms with van der Waals surface area (Å²) >= 11 is 1.59. The molecule has 0 radical (unpaired) electrons. The van der Waals surface area contributed by atoms with Gasteiger partial charge in [-0.25, -0.2) is 4.68 Å². The van der Waals surface area contributed by atoms with Crippen molar-refractivity contribution >= 4 is 17.6 Å². The van der Waals surface area contributed by atoms with Crippen molar-refractivity contribution in [3.8, 4) is 22.8 Å². The van der Waals surface area contributed by atoms with Gasteiger partial charge in [0.25, 0.3) is 0 Å². The first-order valence-electron chi connectivity index (χ1n) is 10.6. The molecule has 8 heteroatoms. The van der Waals surface area contributed by atoms with Gasteiger partial charge >= 0.3 is 0 Å². The molecule has 7 nitrogen and oxygen atoms in total. The lowest BCUT2D eigenvalue weighted by atomic mass is 10.2. The van der Waals surface area contributed by atoms with Crippen molar-refractivity contribution in [2.45, 2.75) is 0 Å². The molecule has 3 aromatic rings. The zero-order valence-corrected chi connectivity index (χ0v) is 19.3. The van der Waals surface area contributed by atoms with Crippen molar-refractivity contribution in [1.29, 1.82) is 0 Å². The first-order chi connectivity index (χ1) is 15.8. The fourth-order valence-corrected chi connectivity index (χ4v) is 4.30. The second-order valence-electron chi connectivity index (χ2n) is 7.30. The summed E-state index contributed by atoms with van der Waals surface area (Å²) in [5, 5.41) is 6.88. The van der Waals surface area contributed by atoms with Crippen LogP contribution in [-0.4, -0.2) is 69.4 Å². The average molecular weight is 453 g/mol. The van der Waals surface area contributed by atoms with Gasteiger partial charge in [-0.1, -0.05) is 12.1 Å². The molecular weight excluding hydrogens is 424 g/mol. The average Bonchev–Trinajstić information content (AvgIpc) is 3.26. The molecule has 1 fully saturated rings. The summed E-state index contributed by atoms with van der Waals surface area (Å²) in [6.07, 6.45) is 1.84. The zero-order chi connectivity index (χ0) is 22.2. The van der Waals surface area contributed by atoms with Gasteiger partial charge in [0.2, 0.25) is 4.80 Å². The lowest BCUT2D eigenvalue weighted by Crippen LogP contribution is -2.38. The molecule has 1 aliphatic rings. The van der Waals surface area contributed by atoms with Crippen molar-refractivity contribution in [2.24, 2.45) is 10.1 Å². The Hall–Kier alpha value is -2.94. The molecule has 0 spiro atoms. The number of hydrogen-bond donors (Lipinski definition) is 0. The van der Waals surface area contributed by atoms with Gasteiger partial charge < -0.3 is 14.2 Å². The number of nitrogens with zero attached hydrogens (tertiary/aromatic N) is 4. The Kier molecular flexibility index (Phi) is 7.71. The number of ether oxygens (including phenoxy) is 3. The van der Waals surface area contributed by atoms with E-state index in [9.17, 15) is 0 Å². The van der Waals surface area contributed by atoms with E-state index in [0.29, 0.717) is 0 Å². The van der Waals surface area contributed by atoms with Gasteiger partial charge in [-0.3, -0.25) is 9.89 Å². The standard InChI is InChI=1S/C24H28N4O3S/c1-29-21-8-6-20(7-9-21)23-18-32-24(25-10-11-27-12-14-31-15-13-27)28(23)26-17-19-4-3-5-22(16-19)30-2/h3-9,16-18H,10-15H2,1-2H3. The molecule has 1 aromatic heterocycles. The molecule has 168 valence electrons. The van der Waals surface area contributed by atoms with E-state index in [4.69, 9.17) is 24.3 Å². The van der Waals surface area contributed by atoms with Crippen LogP contribution in [0.25, 0.3) is 11.3 Å². The number of thiazole rings is 1. The van der Waals surface area contributed by atoms with Crippen LogP contribution in [-0.2, 0) is 4.74 Å². The summed E-state index contributed by atoms with van der Waals surface area (Å²) in [7, 11) is 3.33. The van der Waals surface area contributed by atoms with Crippen LogP contribution >= 0.6 is 11.3 Å². The lowest BCUT2D eigenvalue weighted by molar-refractivity contribution is 0.0393. The van der Waals surface area contributed by atoms with Gasteiger partial charge in [0.05, 0.1) is 45.9 Å². The molecule has 0 unspecified atom stereocenters. The summed E-state index contributed by atoms with van der Waals surface area (Å²) in [4.78, 5) is 8.11. The highest BCUT2D eigenvalue weighted by Crippen LogP contribution is 2.23. The minimum atomic E-state index is 0.719. The van der Waals surface area contributed by atoms with E-state index in [-0.39, 0.29) is 0 Å². The second kappa shape index (κ2) is 11.1. The maximum atomic E-state index is 5.43. The monoisotopic (exact) mass is 452 g/mol. The Labute approximate surface area is 192 Å². The number of rotatable bonds is 8. The number of benzene rings is 2. The molecule has 1 aliphatic heterocycles. The molecule has 0 N–H and O–H groups in total. The van der Waals surface area contributed by atoms with Crippen molar-refractivity contribution in [1.82, 2.24) is 9.58 Å². The molecular formula is C24H28N4O3S. The SMILES string of the molecule is COc1ccc(-c2csc(=NCCN3CCOCC3)n2N=Cc2cccc(OC)c2)cc1. The van der Waals surface area contributed by atoms with Gasteiger partial charge in [0, 0.05) is 30.6 Å². The van der Waals surface area contributed by atoms with Crippen LogP contribution in [0.1, 0.15) is 5.56 Å². The van der Waals surface area contributed by atoms with Crippen molar-refractivity contribution < 1.29 is 14.2 Å². The third kappa shape index (κ3) is 5.64. The van der Waals surface area contributed by atoms with E-state index in [1.165, 1.54) is 0 Å². The fourth-order valence-electron chi connectivity index (χ4n) is 3.44. The Morgan fingerprint density at radius 3 is 2.56 bits per heavy atom. The van der Waals surface area contributed by atoms with Crippen LogP contribution in [0.3, 0.4) is 0 Å². The van der Waals surface area contributed by atoms with Crippen LogP contribution in [0.4, 0.5) is 0 Å². The smallest absolute Gasteiger partial charge is 0.206 e. The van der Waals surface area contributed by atoms with Crippen LogP contribution in [0, 0.1) is 0 Å². The highest BCUT2D eigenvalue weighted by molar-refractivity contribution is 7.07. The lowest BCUT2D eigenvalue weighted by Gasteiger charge is -2.25. The minimum absolute atomic E-state index is 0.719. The van der Waals surface area contributed by atoms with E-state index >= 15 is 0 Å². The first-order valence-corrected chi connectivity index (χ1v) is 11.5. The zero-order valence-electron chi connectivity index (χ0n) is 18.4. The molecule has 2 aromatic carbocycles. The van der Waals surface area contributed by atoms with Crippen molar-refractivity contribution in [3.05, 3.63) is 64.3 Å². The van der Waals surface area contributed by atoms with Crippen LogP contribution in [0.15, 0.2) is 64.0 Å². The quantitative estimate of drug-likeness (QED) is 0.492. The van der Waals surface area contributed by atoms with Crippen LogP contribution in [0.2, 0.25) is 0 Å². The molecule has 4 rings (SSSR count). The van der Waals surface area contributed by atoms with E-state index in [1.54, 1.807) is 25.6 Å². The predicted octanol–water partition coefficient (Wildman–Crippen LogP) is 3.35.